The molecule has 0 aromatic rings. The summed E-state index contributed by atoms with van der Waals surface area (Å²) in [5.41, 5.74) is 0. The van der Waals surface area contributed by atoms with Gasteiger partial charge in [-0.05, 0) is 62.0 Å². The highest BCUT2D eigenvalue weighted by molar-refractivity contribution is 7.80. The SMILES string of the molecule is CC1CCCCC1NC(=S)NCCNC(=S)NC1CCCCC1C. The fourth-order valence-corrected chi connectivity index (χ4v) is 4.36. The summed E-state index contributed by atoms with van der Waals surface area (Å²) in [7, 11) is 0. The van der Waals surface area contributed by atoms with Crippen LogP contribution in [0.25, 0.3) is 0 Å². The summed E-state index contributed by atoms with van der Waals surface area (Å²) in [5, 5.41) is 15.1. The molecule has 0 bridgehead atoms. The van der Waals surface area contributed by atoms with Crippen LogP contribution in [0.4, 0.5) is 0 Å². The molecule has 2 saturated carbocycles. The van der Waals surface area contributed by atoms with Gasteiger partial charge in [-0.25, -0.2) is 0 Å². The maximum Gasteiger partial charge on any atom is 0.166 e. The van der Waals surface area contributed by atoms with E-state index >= 15 is 0 Å². The number of hydrogen-bond donors (Lipinski definition) is 4. The van der Waals surface area contributed by atoms with Crippen molar-refractivity contribution in [2.24, 2.45) is 11.8 Å². The summed E-state index contributed by atoms with van der Waals surface area (Å²) in [6.45, 7) is 6.21. The van der Waals surface area contributed by atoms with Crippen LogP contribution in [0.2, 0.25) is 0 Å². The van der Waals surface area contributed by atoms with Gasteiger partial charge in [0.15, 0.2) is 10.2 Å². The average Bonchev–Trinajstić information content (AvgIpc) is 2.56. The first-order chi connectivity index (χ1) is 11.6. The zero-order valence-corrected chi connectivity index (χ0v) is 16.8. The van der Waals surface area contributed by atoms with Crippen LogP contribution in [-0.2, 0) is 0 Å². The lowest BCUT2D eigenvalue weighted by Gasteiger charge is -2.31. The highest BCUT2D eigenvalue weighted by Gasteiger charge is 2.22. The molecular weight excluding hydrogens is 336 g/mol. The van der Waals surface area contributed by atoms with Crippen molar-refractivity contribution < 1.29 is 0 Å². The molecule has 0 aliphatic heterocycles. The minimum absolute atomic E-state index is 0.530. The number of hydrogen-bond acceptors (Lipinski definition) is 2. The summed E-state index contributed by atoms with van der Waals surface area (Å²) in [6.07, 6.45) is 10.4. The van der Waals surface area contributed by atoms with E-state index in [0.29, 0.717) is 23.9 Å². The third-order valence-corrected chi connectivity index (χ3v) is 6.08. The first-order valence-electron chi connectivity index (χ1n) is 9.65. The van der Waals surface area contributed by atoms with Gasteiger partial charge in [0, 0.05) is 25.2 Å². The van der Waals surface area contributed by atoms with E-state index in [2.05, 4.69) is 35.1 Å². The van der Waals surface area contributed by atoms with E-state index in [1.54, 1.807) is 0 Å². The number of nitrogens with one attached hydrogen (secondary N) is 4. The van der Waals surface area contributed by atoms with Crippen LogP contribution in [0.1, 0.15) is 65.2 Å². The lowest BCUT2D eigenvalue weighted by atomic mass is 9.86. The summed E-state index contributed by atoms with van der Waals surface area (Å²) in [6, 6.07) is 1.06. The third-order valence-electron chi connectivity index (χ3n) is 5.55. The second-order valence-electron chi connectivity index (χ2n) is 7.54. The van der Waals surface area contributed by atoms with Crippen molar-refractivity contribution in [2.45, 2.75) is 77.3 Å². The van der Waals surface area contributed by atoms with E-state index in [-0.39, 0.29) is 0 Å². The van der Waals surface area contributed by atoms with Gasteiger partial charge in [-0.15, -0.1) is 0 Å². The second-order valence-corrected chi connectivity index (χ2v) is 8.35. The van der Waals surface area contributed by atoms with Gasteiger partial charge in [0.25, 0.3) is 0 Å². The van der Waals surface area contributed by atoms with Crippen LogP contribution in [0.15, 0.2) is 0 Å². The van der Waals surface area contributed by atoms with Gasteiger partial charge < -0.3 is 21.3 Å². The average molecular weight is 371 g/mol. The Bertz CT molecular complexity index is 378. The maximum absolute atomic E-state index is 5.41. The predicted octanol–water partition coefficient (Wildman–Crippen LogP) is 3.07. The van der Waals surface area contributed by atoms with Gasteiger partial charge in [-0.1, -0.05) is 39.5 Å². The molecular formula is C18H34N4S2. The Morgan fingerprint density at radius 3 is 1.46 bits per heavy atom. The Kier molecular flexibility index (Phi) is 8.53. The molecule has 0 radical (unpaired) electrons. The van der Waals surface area contributed by atoms with E-state index in [9.17, 15) is 0 Å². The Balaban J connectivity index is 1.55. The minimum Gasteiger partial charge on any atom is -0.361 e. The van der Waals surface area contributed by atoms with E-state index in [1.165, 1.54) is 51.4 Å². The van der Waals surface area contributed by atoms with E-state index in [1.807, 2.05) is 0 Å². The molecule has 138 valence electrons. The van der Waals surface area contributed by atoms with E-state index in [4.69, 9.17) is 24.4 Å². The monoisotopic (exact) mass is 370 g/mol. The highest BCUT2D eigenvalue weighted by Crippen LogP contribution is 2.24. The molecule has 0 saturated heterocycles. The molecule has 2 rings (SSSR count). The quantitative estimate of drug-likeness (QED) is 0.441. The predicted molar refractivity (Wildman–Crippen MR) is 110 cm³/mol. The lowest BCUT2D eigenvalue weighted by Crippen LogP contribution is -2.49. The Morgan fingerprint density at radius 1 is 0.708 bits per heavy atom. The van der Waals surface area contributed by atoms with Crippen molar-refractivity contribution in [3.05, 3.63) is 0 Å². The Labute approximate surface area is 158 Å². The Hall–Kier alpha value is -0.620. The second kappa shape index (κ2) is 10.4. The van der Waals surface area contributed by atoms with Crippen molar-refractivity contribution in [3.63, 3.8) is 0 Å². The first kappa shape index (κ1) is 19.7. The molecule has 4 nitrogen and oxygen atoms in total. The van der Waals surface area contributed by atoms with Gasteiger partial charge in [0.05, 0.1) is 0 Å². The largest absolute Gasteiger partial charge is 0.361 e. The smallest absolute Gasteiger partial charge is 0.166 e. The number of rotatable bonds is 5. The highest BCUT2D eigenvalue weighted by atomic mass is 32.1. The maximum atomic E-state index is 5.41. The fourth-order valence-electron chi connectivity index (χ4n) is 3.85. The molecule has 0 heterocycles. The fraction of sp³-hybridized carbons (Fsp3) is 0.889. The van der Waals surface area contributed by atoms with Crippen LogP contribution in [0, 0.1) is 11.8 Å². The van der Waals surface area contributed by atoms with Crippen molar-refractivity contribution in [1.29, 1.82) is 0 Å². The van der Waals surface area contributed by atoms with Crippen LogP contribution in [0.5, 0.6) is 0 Å². The summed E-state index contributed by atoms with van der Waals surface area (Å²) < 4.78 is 0. The number of thiocarbonyl (C=S) groups is 2. The van der Waals surface area contributed by atoms with E-state index in [0.717, 1.165) is 23.3 Å². The normalized spacial score (nSPS) is 30.2. The first-order valence-corrected chi connectivity index (χ1v) is 10.5. The molecule has 4 N–H and O–H groups in total. The van der Waals surface area contributed by atoms with Gasteiger partial charge in [0.1, 0.15) is 0 Å². The summed E-state index contributed by atoms with van der Waals surface area (Å²) >= 11 is 10.8. The summed E-state index contributed by atoms with van der Waals surface area (Å²) in [5.74, 6) is 1.43. The van der Waals surface area contributed by atoms with Crippen LogP contribution >= 0.6 is 24.4 Å². The lowest BCUT2D eigenvalue weighted by molar-refractivity contribution is 0.307. The molecule has 0 aromatic carbocycles. The van der Waals surface area contributed by atoms with Crippen LogP contribution < -0.4 is 21.3 Å². The molecule has 4 atom stereocenters. The topological polar surface area (TPSA) is 48.1 Å². The molecule has 0 aromatic heterocycles. The molecule has 2 aliphatic rings. The zero-order valence-electron chi connectivity index (χ0n) is 15.2. The summed E-state index contributed by atoms with van der Waals surface area (Å²) in [4.78, 5) is 0. The van der Waals surface area contributed by atoms with Gasteiger partial charge in [-0.3, -0.25) is 0 Å². The third kappa shape index (κ3) is 6.71. The molecule has 24 heavy (non-hydrogen) atoms. The van der Waals surface area contributed by atoms with Crippen molar-refractivity contribution in [1.82, 2.24) is 21.3 Å². The van der Waals surface area contributed by atoms with Crippen LogP contribution in [0.3, 0.4) is 0 Å². The molecule has 0 amide bonds. The molecule has 0 spiro atoms. The molecule has 2 fully saturated rings. The molecule has 6 heteroatoms. The van der Waals surface area contributed by atoms with Gasteiger partial charge >= 0.3 is 0 Å². The molecule has 2 aliphatic carbocycles. The van der Waals surface area contributed by atoms with Gasteiger partial charge in [-0.2, -0.15) is 0 Å². The van der Waals surface area contributed by atoms with Gasteiger partial charge in [0.2, 0.25) is 0 Å². The standard InChI is InChI=1S/C18H34N4S2/c1-13-7-3-5-9-15(13)21-17(23)19-11-12-20-18(24)22-16-10-6-4-8-14(16)2/h13-16H,3-12H2,1-2H3,(H2,19,21,23)(H2,20,22,24). The molecule has 4 unspecified atom stereocenters. The minimum atomic E-state index is 0.530. The van der Waals surface area contributed by atoms with Crippen molar-refractivity contribution in [2.75, 3.05) is 13.1 Å². The van der Waals surface area contributed by atoms with Crippen molar-refractivity contribution >= 4 is 34.7 Å². The van der Waals surface area contributed by atoms with E-state index < -0.39 is 0 Å². The Morgan fingerprint density at radius 2 is 1.08 bits per heavy atom. The zero-order chi connectivity index (χ0) is 17.4. The van der Waals surface area contributed by atoms with Crippen molar-refractivity contribution in [3.8, 4) is 0 Å². The van der Waals surface area contributed by atoms with Crippen LogP contribution in [-0.4, -0.2) is 35.4 Å².